The molecule has 0 bridgehead atoms. The van der Waals surface area contributed by atoms with Crippen LogP contribution in [0.1, 0.15) is 35.3 Å². The third-order valence-corrected chi connectivity index (χ3v) is 5.67. The van der Waals surface area contributed by atoms with E-state index in [4.69, 9.17) is 0 Å². The molecule has 1 nitrogen and oxygen atoms in total. The predicted octanol–water partition coefficient (Wildman–Crippen LogP) is 5.20. The molecular weight excluding hydrogens is 332 g/mol. The Hall–Kier alpha value is -0.770. The largest absolute Gasteiger partial charge is 0.385 e. The summed E-state index contributed by atoms with van der Waals surface area (Å²) in [6.07, 6.45) is 0.746. The Labute approximate surface area is 132 Å². The zero-order chi connectivity index (χ0) is 14.3. The summed E-state index contributed by atoms with van der Waals surface area (Å²) >= 11 is 5.32. The van der Waals surface area contributed by atoms with Crippen molar-refractivity contribution in [2.24, 2.45) is 0 Å². The zero-order valence-corrected chi connectivity index (χ0v) is 14.0. The monoisotopic (exact) mass is 348 g/mol. The Morgan fingerprint density at radius 3 is 2.60 bits per heavy atom. The minimum Gasteiger partial charge on any atom is -0.385 e. The lowest BCUT2D eigenvalue weighted by Gasteiger charge is -2.36. The second kappa shape index (κ2) is 5.21. The molecule has 1 N–H and O–H groups in total. The van der Waals surface area contributed by atoms with Crippen LogP contribution in [0.3, 0.4) is 0 Å². The molecule has 104 valence electrons. The molecule has 0 aliphatic carbocycles. The molecular formula is C17H17BrOS. The van der Waals surface area contributed by atoms with Crippen molar-refractivity contribution >= 4 is 27.7 Å². The number of halogens is 1. The number of aryl methyl sites for hydroxylation is 1. The number of fused-ring (bicyclic) bond motifs is 1. The molecule has 2 aromatic carbocycles. The fourth-order valence-corrected chi connectivity index (χ4v) is 4.52. The van der Waals surface area contributed by atoms with Crippen LogP contribution in [-0.2, 0) is 5.60 Å². The lowest BCUT2D eigenvalue weighted by atomic mass is 9.87. The van der Waals surface area contributed by atoms with E-state index >= 15 is 0 Å². The maximum atomic E-state index is 10.8. The highest BCUT2D eigenvalue weighted by Crippen LogP contribution is 2.51. The first-order valence-electron chi connectivity index (χ1n) is 6.71. The van der Waals surface area contributed by atoms with E-state index in [-0.39, 0.29) is 0 Å². The van der Waals surface area contributed by atoms with Gasteiger partial charge in [0.2, 0.25) is 0 Å². The highest BCUT2D eigenvalue weighted by Gasteiger charge is 2.36. The highest BCUT2D eigenvalue weighted by atomic mass is 79.9. The molecule has 2 aromatic rings. The van der Waals surface area contributed by atoms with Crippen molar-refractivity contribution in [3.63, 3.8) is 0 Å². The molecule has 2 atom stereocenters. The number of benzene rings is 2. The minimum atomic E-state index is -0.760. The van der Waals surface area contributed by atoms with Gasteiger partial charge in [-0.15, -0.1) is 11.8 Å². The van der Waals surface area contributed by atoms with Gasteiger partial charge in [-0.3, -0.25) is 0 Å². The fraction of sp³-hybridized carbons (Fsp3) is 0.294. The number of thioether (sulfide) groups is 1. The lowest BCUT2D eigenvalue weighted by molar-refractivity contribution is 0.0421. The Kier molecular flexibility index (Phi) is 3.69. The van der Waals surface area contributed by atoms with Crippen LogP contribution in [0.25, 0.3) is 0 Å². The van der Waals surface area contributed by atoms with Gasteiger partial charge in [-0.2, -0.15) is 0 Å². The van der Waals surface area contributed by atoms with Crippen LogP contribution >= 0.6 is 27.7 Å². The SMILES string of the molecule is Cc1ccc2c(c1)[C@](C)(O)C[C@H](c1ccc(Br)cc1)S2. The lowest BCUT2D eigenvalue weighted by Crippen LogP contribution is -2.27. The minimum absolute atomic E-state index is 0.299. The molecule has 0 aromatic heterocycles. The van der Waals surface area contributed by atoms with E-state index in [1.807, 2.05) is 18.7 Å². The number of aliphatic hydroxyl groups is 1. The third-order valence-electron chi connectivity index (χ3n) is 3.81. The van der Waals surface area contributed by atoms with Crippen LogP contribution < -0.4 is 0 Å². The molecule has 0 amide bonds. The van der Waals surface area contributed by atoms with Crippen LogP contribution in [-0.4, -0.2) is 5.11 Å². The second-order valence-electron chi connectivity index (χ2n) is 5.64. The van der Waals surface area contributed by atoms with Crippen molar-refractivity contribution in [1.82, 2.24) is 0 Å². The summed E-state index contributed by atoms with van der Waals surface area (Å²) in [5, 5.41) is 11.1. The van der Waals surface area contributed by atoms with E-state index in [0.717, 1.165) is 16.5 Å². The molecule has 0 radical (unpaired) electrons. The van der Waals surface area contributed by atoms with Crippen molar-refractivity contribution in [2.75, 3.05) is 0 Å². The van der Waals surface area contributed by atoms with Crippen LogP contribution in [0.4, 0.5) is 0 Å². The van der Waals surface area contributed by atoms with Gasteiger partial charge >= 0.3 is 0 Å². The van der Waals surface area contributed by atoms with Crippen LogP contribution in [0, 0.1) is 6.92 Å². The smallest absolute Gasteiger partial charge is 0.0893 e. The molecule has 3 rings (SSSR count). The average Bonchev–Trinajstić information content (AvgIpc) is 2.40. The van der Waals surface area contributed by atoms with Gasteiger partial charge < -0.3 is 5.11 Å². The Morgan fingerprint density at radius 2 is 1.90 bits per heavy atom. The van der Waals surface area contributed by atoms with Gasteiger partial charge in [0.1, 0.15) is 0 Å². The maximum absolute atomic E-state index is 10.8. The number of rotatable bonds is 1. The van der Waals surface area contributed by atoms with Gasteiger partial charge in [0.15, 0.2) is 0 Å². The van der Waals surface area contributed by atoms with Crippen molar-refractivity contribution in [3.05, 3.63) is 63.6 Å². The van der Waals surface area contributed by atoms with Gasteiger partial charge in [0.05, 0.1) is 5.60 Å². The molecule has 0 unspecified atom stereocenters. The molecule has 20 heavy (non-hydrogen) atoms. The first-order chi connectivity index (χ1) is 9.45. The van der Waals surface area contributed by atoms with Crippen molar-refractivity contribution in [3.8, 4) is 0 Å². The Balaban J connectivity index is 1.99. The van der Waals surface area contributed by atoms with E-state index in [9.17, 15) is 5.11 Å². The van der Waals surface area contributed by atoms with Crippen LogP contribution in [0.5, 0.6) is 0 Å². The van der Waals surface area contributed by atoms with Gasteiger partial charge in [-0.1, -0.05) is 45.8 Å². The quantitative estimate of drug-likeness (QED) is 0.763. The molecule has 0 spiro atoms. The van der Waals surface area contributed by atoms with Gasteiger partial charge in [-0.05, 0) is 49.6 Å². The summed E-state index contributed by atoms with van der Waals surface area (Å²) in [7, 11) is 0. The van der Waals surface area contributed by atoms with E-state index in [1.54, 1.807) is 0 Å². The molecule has 0 saturated heterocycles. The van der Waals surface area contributed by atoms with Crippen LogP contribution in [0.15, 0.2) is 51.8 Å². The molecule has 1 heterocycles. The van der Waals surface area contributed by atoms with Crippen molar-refractivity contribution in [2.45, 2.75) is 36.0 Å². The van der Waals surface area contributed by atoms with E-state index in [0.29, 0.717) is 5.25 Å². The Morgan fingerprint density at radius 1 is 1.20 bits per heavy atom. The highest BCUT2D eigenvalue weighted by molar-refractivity contribution is 9.10. The molecule has 0 saturated carbocycles. The maximum Gasteiger partial charge on any atom is 0.0893 e. The molecule has 1 aliphatic heterocycles. The van der Waals surface area contributed by atoms with E-state index < -0.39 is 5.60 Å². The normalized spacial score (nSPS) is 25.3. The molecule has 0 fully saturated rings. The topological polar surface area (TPSA) is 20.2 Å². The van der Waals surface area contributed by atoms with Crippen LogP contribution in [0.2, 0.25) is 0 Å². The summed E-state index contributed by atoms with van der Waals surface area (Å²) in [5.41, 5.74) is 2.77. The number of hydrogen-bond donors (Lipinski definition) is 1. The standard InChI is InChI=1S/C17H17BrOS/c1-11-3-8-15-14(9-11)17(2,19)10-16(20-15)12-4-6-13(18)7-5-12/h3-9,16,19H,10H2,1-2H3/t16-,17-/m1/s1. The van der Waals surface area contributed by atoms with E-state index in [1.165, 1.54) is 16.0 Å². The third kappa shape index (κ3) is 2.67. The Bertz CT molecular complexity index is 634. The molecule has 3 heteroatoms. The predicted molar refractivity (Wildman–Crippen MR) is 88.1 cm³/mol. The van der Waals surface area contributed by atoms with Crippen molar-refractivity contribution in [1.29, 1.82) is 0 Å². The van der Waals surface area contributed by atoms with Gasteiger partial charge in [-0.25, -0.2) is 0 Å². The fourth-order valence-electron chi connectivity index (χ4n) is 2.70. The first kappa shape index (κ1) is 14.2. The van der Waals surface area contributed by atoms with Gasteiger partial charge in [0.25, 0.3) is 0 Å². The van der Waals surface area contributed by atoms with Crippen molar-refractivity contribution < 1.29 is 5.11 Å². The summed E-state index contributed by atoms with van der Waals surface area (Å²) < 4.78 is 1.09. The summed E-state index contributed by atoms with van der Waals surface area (Å²) in [6.45, 7) is 4.00. The summed E-state index contributed by atoms with van der Waals surface area (Å²) in [5.74, 6) is 0. The summed E-state index contributed by atoms with van der Waals surface area (Å²) in [4.78, 5) is 1.19. The van der Waals surface area contributed by atoms with Gasteiger partial charge in [0, 0.05) is 14.6 Å². The average molecular weight is 349 g/mol. The zero-order valence-electron chi connectivity index (χ0n) is 11.6. The molecule has 1 aliphatic rings. The first-order valence-corrected chi connectivity index (χ1v) is 8.38. The number of hydrogen-bond acceptors (Lipinski definition) is 2. The summed E-state index contributed by atoms with van der Waals surface area (Å²) in [6, 6.07) is 14.8. The van der Waals surface area contributed by atoms with E-state index in [2.05, 4.69) is 65.3 Å². The second-order valence-corrected chi connectivity index (χ2v) is 7.80.